The van der Waals surface area contributed by atoms with Crippen LogP contribution in [0.1, 0.15) is 233 Å². The maximum Gasteiger partial charge on any atom is 0.302 e. The topological polar surface area (TPSA) is 417 Å². The van der Waals surface area contributed by atoms with Gasteiger partial charge in [0, 0.05) is 228 Å². The Morgan fingerprint density at radius 2 is 0.549 bits per heavy atom. The Hall–Kier alpha value is -15.7. The summed E-state index contributed by atoms with van der Waals surface area (Å²) in [6.07, 6.45) is -17.6. The third-order valence-electron chi connectivity index (χ3n) is 19.2. The molecule has 6 aliphatic heterocycles. The number of fused-ring (bicyclic) bond motifs is 6. The number of aromatic amines is 6. The number of H-pyrrole nitrogens is 6. The molecule has 6 fully saturated rings. The van der Waals surface area contributed by atoms with Crippen molar-refractivity contribution in [2.75, 3.05) is 188 Å². The summed E-state index contributed by atoms with van der Waals surface area (Å²) in [5.74, 6) is -36.5. The van der Waals surface area contributed by atoms with Crippen molar-refractivity contribution in [1.82, 2.24) is 119 Å². The van der Waals surface area contributed by atoms with E-state index >= 15 is 0 Å². The zero-order valence-corrected chi connectivity index (χ0v) is 75.3. The molecule has 12 aromatic heterocycles. The van der Waals surface area contributed by atoms with E-state index in [0.717, 1.165) is 51.8 Å². The van der Waals surface area contributed by atoms with Crippen molar-refractivity contribution in [3.8, 4) is 0 Å². The predicted molar refractivity (Wildman–Crippen MR) is 556 cm³/mol. The molecule has 42 nitrogen and oxygen atoms in total. The Balaban J connectivity index is 0.000000219. The highest BCUT2D eigenvalue weighted by Gasteiger charge is 2.41. The summed E-state index contributed by atoms with van der Waals surface area (Å²) in [6.45, 7) is -48.9. The van der Waals surface area contributed by atoms with E-state index in [1.54, 1.807) is 0 Å². The quantitative estimate of drug-likeness (QED) is 0.0435. The number of amides is 6. The minimum Gasteiger partial charge on any atom is -0.354 e. The number of likely N-dealkylation sites (N-methyl/N-ethyl adjacent to an activating group) is 6. The zero-order chi connectivity index (χ0) is 180. The number of nitrogens with one attached hydrogen (secondary N) is 6. The van der Waals surface area contributed by atoms with Gasteiger partial charge in [0.25, 0.3) is 39.0 Å². The van der Waals surface area contributed by atoms with Gasteiger partial charge in [-0.1, -0.05) is 41.3 Å². The van der Waals surface area contributed by atoms with E-state index in [1.807, 2.05) is 0 Å². The van der Waals surface area contributed by atoms with Crippen LogP contribution in [0.5, 0.6) is 0 Å². The smallest absolute Gasteiger partial charge is 0.302 e. The molecular formula is C102H132N36O6. The van der Waals surface area contributed by atoms with Crippen molar-refractivity contribution in [2.24, 2.45) is 35.4 Å². The fourth-order valence-corrected chi connectivity index (χ4v) is 12.8. The van der Waals surface area contributed by atoms with Crippen molar-refractivity contribution >= 4 is 137 Å². The first kappa shape index (κ1) is 40.2. The van der Waals surface area contributed by atoms with Crippen LogP contribution in [0.4, 0.5) is 34.9 Å². The predicted octanol–water partition coefficient (Wildman–Crippen LogP) is 11.2. The lowest BCUT2D eigenvalue weighted by atomic mass is 9.92. The third kappa shape index (κ3) is 24.5. The molecule has 6 aliphatic rings. The number of piperidine rings is 6. The third-order valence-corrected chi connectivity index (χ3v) is 19.2. The summed E-state index contributed by atoms with van der Waals surface area (Å²) < 4.78 is 722. The molecule has 42 heteroatoms. The number of aryl methyl sites for hydroxylation is 6. The molecule has 0 spiro atoms. The Bertz CT molecular complexity index is 11200. The molecule has 144 heavy (non-hydrogen) atoms. The molecule has 6 saturated heterocycles. The van der Waals surface area contributed by atoms with E-state index in [0.29, 0.717) is 6.92 Å². The Kier molecular flexibility index (Phi) is 13.3. The number of hydrogen-bond donors (Lipinski definition) is 6. The molecule has 0 saturated carbocycles. The molecular weight excluding hydrogens is 1830 g/mol. The normalized spacial score (nSPS) is 40.5. The first-order valence-corrected chi connectivity index (χ1v) is 40.2. The SMILES string of the molecule is [2H]c1c(C)[nH]c2ncnc(N(C([2H])([2H])[2H])[C@@]3([2H])C([2H])([2H])N(C(=O)C([2H])([2H])[N+]#[C-])C([2H])([2H])C([2H])([2H])[C@@]3([2H])C)c12.[2H]c1c(C)[nH]c2ncnc(N(C([2H])([2H])[2H])[C@]3([2H])[C@H](C([2H])([2H])[2H])C([2H])([2H])C([2H])([2H])N(C(=O)C([2H])([2H])[N+]#[C-])C3([2H])[2H])c12.[2H]c1c(C)[nH]c2ncnc(N(C([2H])([2H])[2H])[C@]3([2H])[C@H](C)C([2H])([2H])C([2H])([2H])N(C(=O)C([2H])([2H])[N+]#[C-])C3([2H])[2H])c12.[2H]c1c(C)[nH]c2ncnc(N([C@@H]3[C@H](C([2H])([2H])[2H])C([2H])([2H])C([2H])([2H])N(C(=O)C([2H])([2H])[N+]#[C-])C3([2H])[2H])C([2H])([2H])[2H])c12.[2H]c1c(C)[nH]c2ncnc(N([C@H]3C([2H])([2H])N(C(=O)C([2H])([2H])[N+]#[C-])C([2H])([2H])C([2H])([2H])[C@@]3([2H])C([2H])([2H])[2H])C([2H])([2H])[2H])c12.[2H]c1c(C)[nH]c2ncnc(N([C@H]3C([2H])([2H])N(C(=O)C([2H])([2H])[N+]#[C-])C([2H])([2H])C([2H])([2H])[C@@]3([2H])C)C([2H])([2H])[2H])c12. The highest BCUT2D eigenvalue weighted by Crippen LogP contribution is 2.38. The van der Waals surface area contributed by atoms with Gasteiger partial charge in [0.15, 0.2) is 0 Å². The number of rotatable bonds is 18. The van der Waals surface area contributed by atoms with Crippen LogP contribution >= 0.6 is 0 Å². The number of anilines is 6. The summed E-state index contributed by atoms with van der Waals surface area (Å²) in [4.78, 5) is 152. The minimum atomic E-state index is -4.19. The average Bonchev–Trinajstić information content (AvgIpc) is 1.17. The van der Waals surface area contributed by atoms with Crippen molar-refractivity contribution in [1.29, 1.82) is 0 Å². The largest absolute Gasteiger partial charge is 0.354 e. The van der Waals surface area contributed by atoms with Crippen LogP contribution in [-0.4, -0.2) is 350 Å². The zero-order valence-electron chi connectivity index (χ0n) is 162. The molecule has 0 bridgehead atoms. The number of carbonyl (C=O) groups excluding carboxylic acids is 6. The van der Waals surface area contributed by atoms with Gasteiger partial charge in [-0.2, -0.15) is 0 Å². The molecule has 12 atom stereocenters. The van der Waals surface area contributed by atoms with Gasteiger partial charge in [0.05, 0.1) is 97.3 Å². The van der Waals surface area contributed by atoms with E-state index in [2.05, 4.69) is 119 Å². The van der Waals surface area contributed by atoms with E-state index in [4.69, 9.17) is 155 Å². The van der Waals surface area contributed by atoms with Gasteiger partial charge in [-0.25, -0.2) is 99.2 Å². The van der Waals surface area contributed by atoms with Crippen molar-refractivity contribution in [3.63, 3.8) is 0 Å². The lowest BCUT2D eigenvalue weighted by Crippen LogP contribution is -2.53. The number of likely N-dealkylation sites (tertiary alicyclic amines) is 6. The Morgan fingerprint density at radius 3 is 0.840 bits per heavy atom. The van der Waals surface area contributed by atoms with Gasteiger partial charge in [-0.05, 0) is 151 Å². The molecule has 0 aromatic carbocycles. The van der Waals surface area contributed by atoms with Gasteiger partial charge in [0.2, 0.25) is 0 Å². The Labute approximate surface area is 962 Å². The molecule has 0 unspecified atom stereocenters. The van der Waals surface area contributed by atoms with Gasteiger partial charge >= 0.3 is 35.4 Å². The van der Waals surface area contributed by atoms with E-state index in [1.165, 1.54) is 41.5 Å². The minimum absolute atomic E-state index is 0.0274. The summed E-state index contributed by atoms with van der Waals surface area (Å²) in [5.41, 5.74) is 0.357. The van der Waals surface area contributed by atoms with Crippen LogP contribution in [-0.2, 0) is 28.8 Å². The summed E-state index contributed by atoms with van der Waals surface area (Å²) >= 11 is 0. The van der Waals surface area contributed by atoms with Crippen molar-refractivity contribution in [2.45, 2.75) is 157 Å². The lowest BCUT2D eigenvalue weighted by Gasteiger charge is -2.41. The van der Waals surface area contributed by atoms with Gasteiger partial charge in [0.1, 0.15) is 123 Å². The molecule has 0 aliphatic carbocycles. The molecule has 0 radical (unpaired) electrons. The van der Waals surface area contributed by atoms with Crippen LogP contribution in [0.2, 0.25) is 0 Å². The molecule has 756 valence electrons. The van der Waals surface area contributed by atoms with Crippen LogP contribution in [0.15, 0.2) is 74.2 Å². The summed E-state index contributed by atoms with van der Waals surface area (Å²) in [5, 5.41) is -1.97. The summed E-state index contributed by atoms with van der Waals surface area (Å²) in [7, 11) is 0. The number of aromatic nitrogens is 18. The first-order chi connectivity index (χ1) is 103. The number of carbonyl (C=O) groups is 6. The highest BCUT2D eigenvalue weighted by atomic mass is 16.2. The molecule has 18 rings (SSSR count). The van der Waals surface area contributed by atoms with Gasteiger partial charge < -0.3 is 118 Å². The van der Waals surface area contributed by atoms with Gasteiger partial charge in [-0.15, -0.1) is 0 Å². The Morgan fingerprint density at radius 1 is 0.319 bits per heavy atom. The molecule has 6 N–H and O–H groups in total. The lowest BCUT2D eigenvalue weighted by molar-refractivity contribution is -0.131. The fourth-order valence-electron chi connectivity index (χ4n) is 12.8. The monoisotopic (exact) mass is 2040 g/mol. The number of hydrogen-bond acceptors (Lipinski definition) is 24. The molecule has 12 aromatic rings. The fraction of sp³-hybridized carbons (Fsp3) is 0.529. The van der Waals surface area contributed by atoms with Crippen LogP contribution in [0, 0.1) is 116 Å². The van der Waals surface area contributed by atoms with Crippen LogP contribution < -0.4 is 29.4 Å². The standard InChI is InChI=1S/6C17H22N6O/c6*1-11-5-6-23(15(24)8-18-3)9-14(11)22(4)17-13-7-12(2)21-16(13)19-10-20-17/h6*7,10-11,14H,5-6,8-9H2,1-2,4H3,(H,19,20,21)/t6*11-,14+/m111111/s1/i4D3,5D2,6D2,7D,8D2,9D2,11D,14D;1D3,4D3,5D2,6D2,7D,8D2,9D2,14D;1D3,4D3,5D2,6D2,7D,8D2,9D2,11D;4D3,5D2,6D2,7D,8D2,9D2,14D;4D3,5D2,6D2,7D,8D2,9D2,11D;1D3,4D3,5D2,6D2,7D,8D2,9D2. The maximum absolute atomic E-state index is 13.1. The van der Waals surface area contributed by atoms with E-state index in [9.17, 15) is 32.9 Å². The van der Waals surface area contributed by atoms with Crippen molar-refractivity contribution in [3.05, 3.63) is 177 Å². The van der Waals surface area contributed by atoms with Crippen molar-refractivity contribution < 1.29 is 148 Å². The second kappa shape index (κ2) is 47.7. The second-order valence-corrected chi connectivity index (χ2v) is 29.0. The highest BCUT2D eigenvalue weighted by molar-refractivity contribution is 5.94. The molecule has 18 heterocycles. The first-order valence-electron chi connectivity index (χ1n) is 83.7. The van der Waals surface area contributed by atoms with E-state index in [-0.39, 0.29) is 143 Å². The molecule has 6 amide bonds. The van der Waals surface area contributed by atoms with E-state index < -0.39 is 412 Å². The van der Waals surface area contributed by atoms with Crippen LogP contribution in [0.25, 0.3) is 95.3 Å². The summed E-state index contributed by atoms with van der Waals surface area (Å²) in [6, 6.07) is -22.0. The average molecular weight is 2050 g/mol. The maximum atomic E-state index is 13.1. The number of nitrogens with zero attached hydrogens (tertiary/aromatic N) is 30. The van der Waals surface area contributed by atoms with Gasteiger partial charge in [-0.3, -0.25) is 28.8 Å². The second-order valence-electron chi connectivity index (χ2n) is 29.0. The van der Waals surface area contributed by atoms with Crippen LogP contribution in [0.3, 0.4) is 0 Å².